The molecule has 0 unspecified atom stereocenters. The summed E-state index contributed by atoms with van der Waals surface area (Å²) in [6.07, 6.45) is 1.34. The Labute approximate surface area is 191 Å². The van der Waals surface area contributed by atoms with Crippen LogP contribution < -0.4 is 10.6 Å². The molecule has 0 saturated carbocycles. The van der Waals surface area contributed by atoms with E-state index in [1.165, 1.54) is 36.6 Å². The molecule has 0 aliphatic heterocycles. The Morgan fingerprint density at radius 2 is 1.56 bits per heavy atom. The molecule has 0 radical (unpaired) electrons. The molecular formula is C21H15Cl2F2N5O2. The average Bonchev–Trinajstić information content (AvgIpc) is 3.43. The largest absolute Gasteiger partial charge is 0.459 e. The number of anilines is 2. The minimum absolute atomic E-state index is 0.00727. The van der Waals surface area contributed by atoms with Gasteiger partial charge < -0.3 is 15.1 Å². The first-order valence-electron chi connectivity index (χ1n) is 9.33. The van der Waals surface area contributed by atoms with Crippen LogP contribution in [-0.2, 0) is 13.1 Å². The van der Waals surface area contributed by atoms with Crippen LogP contribution in [-0.4, -0.2) is 20.7 Å². The van der Waals surface area contributed by atoms with E-state index < -0.39 is 17.5 Å². The van der Waals surface area contributed by atoms with E-state index in [1.54, 1.807) is 18.2 Å². The molecule has 0 saturated heterocycles. The number of aromatic nitrogens is 3. The molecule has 7 nitrogen and oxygen atoms in total. The van der Waals surface area contributed by atoms with Crippen LogP contribution in [0.5, 0.6) is 0 Å². The molecule has 164 valence electrons. The Morgan fingerprint density at radius 1 is 0.938 bits per heavy atom. The second-order valence-electron chi connectivity index (χ2n) is 6.56. The first kappa shape index (κ1) is 21.8. The van der Waals surface area contributed by atoms with Gasteiger partial charge in [-0.1, -0.05) is 35.3 Å². The quantitative estimate of drug-likeness (QED) is 0.372. The maximum atomic E-state index is 14.1. The summed E-state index contributed by atoms with van der Waals surface area (Å²) < 4.78 is 34.3. The summed E-state index contributed by atoms with van der Waals surface area (Å²) in [6.45, 7) is -0.0861. The monoisotopic (exact) mass is 477 g/mol. The topological polar surface area (TPSA) is 85.0 Å². The number of carbonyl (C=O) groups is 1. The lowest BCUT2D eigenvalue weighted by Gasteiger charge is -2.08. The third-order valence-electron chi connectivity index (χ3n) is 4.50. The molecule has 2 aromatic carbocycles. The summed E-state index contributed by atoms with van der Waals surface area (Å²) in [6, 6.07) is 11.6. The zero-order valence-electron chi connectivity index (χ0n) is 16.3. The zero-order chi connectivity index (χ0) is 22.7. The Kier molecular flexibility index (Phi) is 6.38. The standard InChI is InChI=1S/C21H15Cl2F2N5O2/c22-14-4-1-6-16(24)12(14)10-26-20-28-21(27-11-13-15(23)5-2-7-17(13)25)30(29-20)19(31)18-8-3-9-32-18/h1-9H,10-11H2,(H2,26,27,28,29). The molecule has 32 heavy (non-hydrogen) atoms. The first-order valence-corrected chi connectivity index (χ1v) is 10.1. The van der Waals surface area contributed by atoms with Gasteiger partial charge in [-0.2, -0.15) is 9.67 Å². The average molecular weight is 478 g/mol. The number of hydrogen-bond acceptors (Lipinski definition) is 6. The van der Waals surface area contributed by atoms with Crippen molar-refractivity contribution in [3.63, 3.8) is 0 Å². The van der Waals surface area contributed by atoms with Gasteiger partial charge >= 0.3 is 5.91 Å². The van der Waals surface area contributed by atoms with Gasteiger partial charge in [-0.3, -0.25) is 4.79 Å². The summed E-state index contributed by atoms with van der Waals surface area (Å²) in [5.74, 6) is -1.57. The highest BCUT2D eigenvalue weighted by molar-refractivity contribution is 6.31. The van der Waals surface area contributed by atoms with Gasteiger partial charge in [0.2, 0.25) is 11.9 Å². The number of hydrogen-bond donors (Lipinski definition) is 2. The van der Waals surface area contributed by atoms with Crippen LogP contribution in [0.25, 0.3) is 0 Å². The summed E-state index contributed by atoms with van der Waals surface area (Å²) in [5, 5.41) is 10.3. The van der Waals surface area contributed by atoms with Crippen molar-refractivity contribution in [1.82, 2.24) is 14.8 Å². The lowest BCUT2D eigenvalue weighted by Crippen LogP contribution is -2.17. The number of furan rings is 1. The van der Waals surface area contributed by atoms with Gasteiger partial charge in [0, 0.05) is 34.3 Å². The molecule has 4 aromatic rings. The second kappa shape index (κ2) is 9.37. The number of rotatable bonds is 7. The molecule has 0 amide bonds. The molecule has 2 heterocycles. The predicted octanol–water partition coefficient (Wildman–Crippen LogP) is 5.37. The molecule has 0 atom stereocenters. The maximum Gasteiger partial charge on any atom is 0.317 e. The molecule has 11 heteroatoms. The van der Waals surface area contributed by atoms with Crippen LogP contribution >= 0.6 is 23.2 Å². The van der Waals surface area contributed by atoms with E-state index >= 15 is 0 Å². The molecule has 2 aromatic heterocycles. The Bertz CT molecular complexity index is 1220. The maximum absolute atomic E-state index is 14.1. The third-order valence-corrected chi connectivity index (χ3v) is 5.21. The highest BCUT2D eigenvalue weighted by Crippen LogP contribution is 2.22. The van der Waals surface area contributed by atoms with Crippen LogP contribution in [0, 0.1) is 11.6 Å². The van der Waals surface area contributed by atoms with Crippen molar-refractivity contribution >= 4 is 41.0 Å². The molecule has 0 bridgehead atoms. The lowest BCUT2D eigenvalue weighted by molar-refractivity contribution is 0.0920. The fraction of sp³-hybridized carbons (Fsp3) is 0.0952. The van der Waals surface area contributed by atoms with E-state index in [-0.39, 0.29) is 51.9 Å². The number of carbonyl (C=O) groups excluding carboxylic acids is 1. The molecule has 2 N–H and O–H groups in total. The molecule has 0 fully saturated rings. The Balaban J connectivity index is 1.60. The highest BCUT2D eigenvalue weighted by atomic mass is 35.5. The van der Waals surface area contributed by atoms with Crippen molar-refractivity contribution in [3.8, 4) is 0 Å². The number of nitrogens with zero attached hydrogens (tertiary/aromatic N) is 3. The number of halogens is 4. The fourth-order valence-corrected chi connectivity index (χ4v) is 3.34. The molecule has 0 aliphatic rings. The highest BCUT2D eigenvalue weighted by Gasteiger charge is 2.21. The van der Waals surface area contributed by atoms with Crippen LogP contribution in [0.1, 0.15) is 21.7 Å². The molecule has 4 rings (SSSR count). The number of nitrogens with one attached hydrogen (secondary N) is 2. The van der Waals surface area contributed by atoms with Crippen LogP contribution in [0.4, 0.5) is 20.7 Å². The van der Waals surface area contributed by atoms with E-state index in [4.69, 9.17) is 27.6 Å². The second-order valence-corrected chi connectivity index (χ2v) is 7.38. The van der Waals surface area contributed by atoms with Crippen molar-refractivity contribution in [2.75, 3.05) is 10.6 Å². The molecule has 0 spiro atoms. The molecule has 0 aliphatic carbocycles. The van der Waals surface area contributed by atoms with Crippen LogP contribution in [0.2, 0.25) is 10.0 Å². The van der Waals surface area contributed by atoms with Gasteiger partial charge in [0.1, 0.15) is 11.6 Å². The normalized spacial score (nSPS) is 10.9. The van der Waals surface area contributed by atoms with E-state index in [1.807, 2.05) is 0 Å². The zero-order valence-corrected chi connectivity index (χ0v) is 17.8. The van der Waals surface area contributed by atoms with Crippen molar-refractivity contribution in [1.29, 1.82) is 0 Å². The van der Waals surface area contributed by atoms with Crippen molar-refractivity contribution in [2.45, 2.75) is 13.1 Å². The van der Waals surface area contributed by atoms with Crippen molar-refractivity contribution in [2.24, 2.45) is 0 Å². The van der Waals surface area contributed by atoms with Gasteiger partial charge in [0.25, 0.3) is 0 Å². The summed E-state index contributed by atoms with van der Waals surface area (Å²) >= 11 is 12.1. The fourth-order valence-electron chi connectivity index (χ4n) is 2.88. The summed E-state index contributed by atoms with van der Waals surface area (Å²) in [5.41, 5.74) is 0.414. The lowest BCUT2D eigenvalue weighted by atomic mass is 10.2. The summed E-state index contributed by atoms with van der Waals surface area (Å²) in [4.78, 5) is 17.0. The van der Waals surface area contributed by atoms with Crippen molar-refractivity contribution < 1.29 is 18.0 Å². The Morgan fingerprint density at radius 3 is 2.12 bits per heavy atom. The summed E-state index contributed by atoms with van der Waals surface area (Å²) in [7, 11) is 0. The van der Waals surface area contributed by atoms with Gasteiger partial charge in [-0.15, -0.1) is 5.10 Å². The van der Waals surface area contributed by atoms with Crippen molar-refractivity contribution in [3.05, 3.63) is 93.4 Å². The minimum atomic E-state index is -0.610. The SMILES string of the molecule is O=C(c1ccco1)n1nc(NCc2c(F)cccc2Cl)nc1NCc1c(F)cccc1Cl. The van der Waals surface area contributed by atoms with E-state index in [2.05, 4.69) is 20.7 Å². The van der Waals surface area contributed by atoms with Gasteiger partial charge in [-0.05, 0) is 36.4 Å². The van der Waals surface area contributed by atoms with E-state index in [9.17, 15) is 13.6 Å². The number of benzene rings is 2. The van der Waals surface area contributed by atoms with Crippen LogP contribution in [0.15, 0.2) is 59.2 Å². The van der Waals surface area contributed by atoms with E-state index in [0.717, 1.165) is 4.68 Å². The van der Waals surface area contributed by atoms with Gasteiger partial charge in [0.05, 0.1) is 6.26 Å². The third kappa shape index (κ3) is 4.58. The van der Waals surface area contributed by atoms with E-state index in [0.29, 0.717) is 0 Å². The van der Waals surface area contributed by atoms with Gasteiger partial charge in [0.15, 0.2) is 5.76 Å². The Hall–Kier alpha value is -3.43. The van der Waals surface area contributed by atoms with Crippen LogP contribution in [0.3, 0.4) is 0 Å². The molecular weight excluding hydrogens is 463 g/mol. The minimum Gasteiger partial charge on any atom is -0.459 e. The first-order chi connectivity index (χ1) is 15.4. The van der Waals surface area contributed by atoms with Gasteiger partial charge in [-0.25, -0.2) is 8.78 Å². The predicted molar refractivity (Wildman–Crippen MR) is 116 cm³/mol. The smallest absolute Gasteiger partial charge is 0.317 e.